The number of thioether (sulfide) groups is 1. The van der Waals surface area contributed by atoms with Gasteiger partial charge in [-0.05, 0) is 44.9 Å². The van der Waals surface area contributed by atoms with Crippen LogP contribution in [0.15, 0.2) is 17.2 Å². The molecule has 5 heteroatoms. The molecule has 1 heterocycles. The zero-order valence-electron chi connectivity index (χ0n) is 11.1. The highest BCUT2D eigenvalue weighted by Crippen LogP contribution is 2.18. The van der Waals surface area contributed by atoms with Crippen molar-refractivity contribution in [3.8, 4) is 0 Å². The summed E-state index contributed by atoms with van der Waals surface area (Å²) in [6, 6.07) is 3.53. The summed E-state index contributed by atoms with van der Waals surface area (Å²) in [6.07, 6.45) is 0.595. The summed E-state index contributed by atoms with van der Waals surface area (Å²) < 4.78 is 4.86. The molecule has 1 rings (SSSR count). The third kappa shape index (κ3) is 5.06. The lowest BCUT2D eigenvalue weighted by atomic mass is 10.2. The van der Waals surface area contributed by atoms with Gasteiger partial charge in [0.1, 0.15) is 6.04 Å². The van der Waals surface area contributed by atoms with E-state index in [0.717, 1.165) is 16.5 Å². The molecule has 0 radical (unpaired) electrons. The molecule has 1 atom stereocenters. The Morgan fingerprint density at radius 2 is 2.22 bits per heavy atom. The topological polar surface area (TPSA) is 65.2 Å². The van der Waals surface area contributed by atoms with E-state index >= 15 is 0 Å². The van der Waals surface area contributed by atoms with Gasteiger partial charge in [0.25, 0.3) is 0 Å². The molecule has 0 aromatic carbocycles. The second-order valence-corrected chi connectivity index (χ2v) is 5.23. The van der Waals surface area contributed by atoms with Crippen molar-refractivity contribution in [2.75, 3.05) is 12.4 Å². The Balaban J connectivity index is 2.39. The van der Waals surface area contributed by atoms with Gasteiger partial charge < -0.3 is 10.5 Å². The first-order chi connectivity index (χ1) is 8.52. The molecule has 0 saturated heterocycles. The maximum Gasteiger partial charge on any atom is 0.322 e. The molecular weight excluding hydrogens is 248 g/mol. The van der Waals surface area contributed by atoms with Gasteiger partial charge in [-0.2, -0.15) is 0 Å². The smallest absolute Gasteiger partial charge is 0.322 e. The molecule has 2 N–H and O–H groups in total. The van der Waals surface area contributed by atoms with Crippen LogP contribution in [0.1, 0.15) is 24.6 Å². The van der Waals surface area contributed by atoms with Gasteiger partial charge in [0.05, 0.1) is 11.6 Å². The minimum absolute atomic E-state index is 0.327. The minimum Gasteiger partial charge on any atom is -0.465 e. The van der Waals surface area contributed by atoms with E-state index in [0.29, 0.717) is 13.0 Å². The fraction of sp³-hybridized carbons (Fsp3) is 0.538. The summed E-state index contributed by atoms with van der Waals surface area (Å²) in [5.74, 6) is 0.432. The Morgan fingerprint density at radius 1 is 1.50 bits per heavy atom. The van der Waals surface area contributed by atoms with Gasteiger partial charge in [-0.3, -0.25) is 4.79 Å². The standard InChI is InChI=1S/C13H20N2O2S/c1-4-17-13(16)11(14)5-6-18-12-8-9(2)7-10(3)15-12/h7-8,11H,4-6,14H2,1-3H3. The lowest BCUT2D eigenvalue weighted by Gasteiger charge is -2.10. The van der Waals surface area contributed by atoms with E-state index in [4.69, 9.17) is 10.5 Å². The largest absolute Gasteiger partial charge is 0.465 e. The number of hydrogen-bond donors (Lipinski definition) is 1. The van der Waals surface area contributed by atoms with Crippen LogP contribution in [0.25, 0.3) is 0 Å². The number of hydrogen-bond acceptors (Lipinski definition) is 5. The number of ether oxygens (including phenoxy) is 1. The molecular formula is C13H20N2O2S. The van der Waals surface area contributed by atoms with E-state index in [1.165, 1.54) is 5.56 Å². The van der Waals surface area contributed by atoms with E-state index in [1.54, 1.807) is 18.7 Å². The zero-order valence-corrected chi connectivity index (χ0v) is 11.9. The molecule has 1 aromatic rings. The Kier molecular flexibility index (Phi) is 6.15. The highest BCUT2D eigenvalue weighted by atomic mass is 32.2. The lowest BCUT2D eigenvalue weighted by molar-refractivity contribution is -0.144. The fourth-order valence-corrected chi connectivity index (χ4v) is 2.59. The highest BCUT2D eigenvalue weighted by Gasteiger charge is 2.14. The number of carbonyl (C=O) groups is 1. The molecule has 0 spiro atoms. The second-order valence-electron chi connectivity index (χ2n) is 4.12. The van der Waals surface area contributed by atoms with Gasteiger partial charge in [0.2, 0.25) is 0 Å². The Hall–Kier alpha value is -1.07. The van der Waals surface area contributed by atoms with Crippen LogP contribution in [-0.2, 0) is 9.53 Å². The quantitative estimate of drug-likeness (QED) is 0.632. The summed E-state index contributed by atoms with van der Waals surface area (Å²) in [7, 11) is 0. The van der Waals surface area contributed by atoms with Gasteiger partial charge >= 0.3 is 5.97 Å². The molecule has 0 fully saturated rings. The molecule has 0 saturated carbocycles. The first-order valence-corrected chi connectivity index (χ1v) is 7.01. The van der Waals surface area contributed by atoms with E-state index in [1.807, 2.05) is 26.0 Å². The SMILES string of the molecule is CCOC(=O)C(N)CCSc1cc(C)cc(C)n1. The fourth-order valence-electron chi connectivity index (χ4n) is 1.54. The molecule has 1 aromatic heterocycles. The van der Waals surface area contributed by atoms with Crippen molar-refractivity contribution in [3.05, 3.63) is 23.4 Å². The van der Waals surface area contributed by atoms with Crippen LogP contribution in [0, 0.1) is 13.8 Å². The molecule has 100 valence electrons. The molecule has 0 aliphatic carbocycles. The number of aryl methyl sites for hydroxylation is 2. The first kappa shape index (κ1) is 15.0. The van der Waals surface area contributed by atoms with Crippen molar-refractivity contribution in [2.45, 2.75) is 38.3 Å². The van der Waals surface area contributed by atoms with Crippen LogP contribution in [-0.4, -0.2) is 29.4 Å². The predicted molar refractivity (Wildman–Crippen MR) is 73.7 cm³/mol. The number of pyridine rings is 1. The summed E-state index contributed by atoms with van der Waals surface area (Å²) in [4.78, 5) is 15.7. The zero-order chi connectivity index (χ0) is 13.5. The van der Waals surface area contributed by atoms with Crippen molar-refractivity contribution in [2.24, 2.45) is 5.73 Å². The Morgan fingerprint density at radius 3 is 2.83 bits per heavy atom. The van der Waals surface area contributed by atoms with E-state index in [9.17, 15) is 4.79 Å². The van der Waals surface area contributed by atoms with Gasteiger partial charge in [0.15, 0.2) is 0 Å². The van der Waals surface area contributed by atoms with Crippen molar-refractivity contribution in [1.29, 1.82) is 0 Å². The van der Waals surface area contributed by atoms with Crippen molar-refractivity contribution in [1.82, 2.24) is 4.98 Å². The second kappa shape index (κ2) is 7.38. The maximum absolute atomic E-state index is 11.3. The van der Waals surface area contributed by atoms with Gasteiger partial charge in [-0.1, -0.05) is 0 Å². The lowest BCUT2D eigenvalue weighted by Crippen LogP contribution is -2.32. The number of aromatic nitrogens is 1. The van der Waals surface area contributed by atoms with Crippen LogP contribution in [0.3, 0.4) is 0 Å². The summed E-state index contributed by atoms with van der Waals surface area (Å²) in [6.45, 7) is 6.17. The third-order valence-electron chi connectivity index (χ3n) is 2.34. The molecule has 1 unspecified atom stereocenters. The molecule has 0 aliphatic rings. The molecule has 4 nitrogen and oxygen atoms in total. The van der Waals surface area contributed by atoms with E-state index in [2.05, 4.69) is 4.98 Å². The predicted octanol–water partition coefficient (Wildman–Crippen LogP) is 2.07. The Bertz CT molecular complexity index is 390. The number of esters is 1. The first-order valence-electron chi connectivity index (χ1n) is 6.03. The van der Waals surface area contributed by atoms with E-state index in [-0.39, 0.29) is 5.97 Å². The van der Waals surface area contributed by atoms with Crippen LogP contribution in [0.2, 0.25) is 0 Å². The van der Waals surface area contributed by atoms with E-state index < -0.39 is 6.04 Å². The number of carbonyl (C=O) groups excluding carboxylic acids is 1. The highest BCUT2D eigenvalue weighted by molar-refractivity contribution is 7.99. The average Bonchev–Trinajstić information content (AvgIpc) is 2.27. The van der Waals surface area contributed by atoms with Crippen LogP contribution >= 0.6 is 11.8 Å². The van der Waals surface area contributed by atoms with Crippen LogP contribution in [0.4, 0.5) is 0 Å². The number of nitrogens with two attached hydrogens (primary N) is 1. The Labute approximate surface area is 112 Å². The van der Waals surface area contributed by atoms with Crippen molar-refractivity contribution < 1.29 is 9.53 Å². The monoisotopic (exact) mass is 268 g/mol. The minimum atomic E-state index is -0.539. The van der Waals surface area contributed by atoms with Gasteiger partial charge in [0, 0.05) is 11.4 Å². The van der Waals surface area contributed by atoms with Crippen molar-refractivity contribution in [3.63, 3.8) is 0 Å². The average molecular weight is 268 g/mol. The van der Waals surface area contributed by atoms with Crippen LogP contribution in [0.5, 0.6) is 0 Å². The molecule has 0 bridgehead atoms. The summed E-state index contributed by atoms with van der Waals surface area (Å²) in [5, 5.41) is 0.976. The summed E-state index contributed by atoms with van der Waals surface area (Å²) >= 11 is 1.61. The van der Waals surface area contributed by atoms with Crippen molar-refractivity contribution >= 4 is 17.7 Å². The number of nitrogens with zero attached hydrogens (tertiary/aromatic N) is 1. The normalized spacial score (nSPS) is 12.2. The van der Waals surface area contributed by atoms with Gasteiger partial charge in [-0.15, -0.1) is 11.8 Å². The maximum atomic E-state index is 11.3. The molecule has 0 amide bonds. The number of rotatable bonds is 6. The third-order valence-corrected chi connectivity index (χ3v) is 3.29. The summed E-state index contributed by atoms with van der Waals surface area (Å²) in [5.41, 5.74) is 7.92. The molecule has 0 aliphatic heterocycles. The van der Waals surface area contributed by atoms with Gasteiger partial charge in [-0.25, -0.2) is 4.98 Å². The molecule has 18 heavy (non-hydrogen) atoms. The van der Waals surface area contributed by atoms with Crippen LogP contribution < -0.4 is 5.73 Å².